The number of aliphatic hydroxyl groups is 3. The van der Waals surface area contributed by atoms with E-state index in [-0.39, 0.29) is 52.2 Å². The van der Waals surface area contributed by atoms with Crippen LogP contribution in [0.4, 0.5) is 19.2 Å². The van der Waals surface area contributed by atoms with Crippen LogP contribution in [-0.4, -0.2) is 190 Å². The van der Waals surface area contributed by atoms with Crippen LogP contribution in [0.15, 0.2) is 243 Å². The average molecular weight is 1590 g/mol. The van der Waals surface area contributed by atoms with E-state index in [2.05, 4.69) is 61.0 Å². The first-order valence-corrected chi connectivity index (χ1v) is 42.8. The molecule has 0 aromatic heterocycles. The summed E-state index contributed by atoms with van der Waals surface area (Å²) >= 11 is 0. The molecule has 602 valence electrons. The van der Waals surface area contributed by atoms with Crippen LogP contribution in [0.3, 0.4) is 0 Å². The van der Waals surface area contributed by atoms with Gasteiger partial charge in [0.15, 0.2) is 31.2 Å². The molecule has 1 unspecified atom stereocenters. The predicted octanol–water partition coefficient (Wildman–Crippen LogP) is 8.07. The van der Waals surface area contributed by atoms with Gasteiger partial charge < -0.3 is 98.3 Å². The van der Waals surface area contributed by atoms with Crippen molar-refractivity contribution in [1.82, 2.24) is 20.9 Å². The molecule has 1 aliphatic carbocycles. The molecule has 0 bridgehead atoms. The highest BCUT2D eigenvalue weighted by Crippen LogP contribution is 2.50. The number of carbonyl (C=O) groups excluding carboxylic acids is 4. The standard InChI is InChI=1S/C87H101N5O20Si2/c1-86(2,3)114(61-42-26-12-27-43-61,62-44-28-13-29-45-62)104-54-70-73(109-81-71(91-83(97)102-52-56-32-16-7-17-33-56)72(95)76-68(105-81)49-92(78(108-76)58-36-20-9-21-37-58)85(99)103-53-57-34-18-8-19-35-57)63(48-87(4,5)113(100,59-38-22-10-23-39-59)60-40-24-11-25-41-60)79(107-70)111-77-74(64(88)46-65-75(77)112-84(98)89-65)110-80-66(47-67(94)69(50-93)106-80)90-82(96)101-51-55-30-14-6-15-31-55/h6-45,63-81,93-95,100H,46-54,88H2,1-5H3,(H,89,98)(H,90,96)(H,91,97)/t63-,64+,65-,66-,67+,68+,69-,70-,71-,72-,73+,74-,75+,76-,77+,78?,79+,80-,81-/m1/s1. The second kappa shape index (κ2) is 35.9. The zero-order chi connectivity index (χ0) is 79.7. The lowest BCUT2D eigenvalue weighted by molar-refractivity contribution is -0.321. The molecule has 0 radical (unpaired) electrons. The number of nitrogens with one attached hydrogen (secondary N) is 3. The molecule has 19 atom stereocenters. The van der Waals surface area contributed by atoms with Gasteiger partial charge in [-0.15, -0.1) is 0 Å². The van der Waals surface area contributed by atoms with Gasteiger partial charge >= 0.3 is 24.4 Å². The summed E-state index contributed by atoms with van der Waals surface area (Å²) in [5.74, 6) is -1.10. The summed E-state index contributed by atoms with van der Waals surface area (Å²) in [6.07, 6.45) is -22.4. The fourth-order valence-corrected chi connectivity index (χ4v) is 25.4. The van der Waals surface area contributed by atoms with E-state index in [1.165, 1.54) is 4.90 Å². The van der Waals surface area contributed by atoms with Gasteiger partial charge in [-0.25, -0.2) is 19.2 Å². The number of hydrogen-bond donors (Lipinski definition) is 8. The van der Waals surface area contributed by atoms with Gasteiger partial charge in [-0.1, -0.05) is 277 Å². The molecule has 114 heavy (non-hydrogen) atoms. The number of aliphatic hydroxyl groups excluding tert-OH is 3. The highest BCUT2D eigenvalue weighted by atomic mass is 28.4. The van der Waals surface area contributed by atoms with Crippen LogP contribution in [0, 0.1) is 5.92 Å². The molecule has 8 aromatic carbocycles. The maximum absolute atomic E-state index is 14.9. The van der Waals surface area contributed by atoms with Gasteiger partial charge in [0.25, 0.3) is 16.6 Å². The molecule has 9 N–H and O–H groups in total. The minimum absolute atomic E-state index is 0.0126. The minimum atomic E-state index is -4.11. The summed E-state index contributed by atoms with van der Waals surface area (Å²) in [6.45, 7) is 8.93. The average Bonchev–Trinajstić information content (AvgIpc) is 1.53. The Bertz CT molecular complexity index is 4370. The van der Waals surface area contributed by atoms with E-state index in [9.17, 15) is 39.3 Å². The number of amides is 4. The molecule has 1 saturated carbocycles. The van der Waals surface area contributed by atoms with Gasteiger partial charge in [0.05, 0.1) is 44.1 Å². The van der Waals surface area contributed by atoms with Crippen molar-refractivity contribution in [1.29, 1.82) is 0 Å². The Kier molecular flexibility index (Phi) is 25.6. The first-order chi connectivity index (χ1) is 55.1. The van der Waals surface area contributed by atoms with Crippen LogP contribution in [0.1, 0.15) is 82.4 Å². The van der Waals surface area contributed by atoms with Crippen molar-refractivity contribution in [2.24, 2.45) is 11.7 Å². The Hall–Kier alpha value is -9.25. The second-order valence-electron chi connectivity index (χ2n) is 31.7. The van der Waals surface area contributed by atoms with Crippen molar-refractivity contribution in [2.45, 2.75) is 194 Å². The number of nitrogens with two attached hydrogens (primary N) is 1. The zero-order valence-corrected chi connectivity index (χ0v) is 66.3. The van der Waals surface area contributed by atoms with Gasteiger partial charge in [0.1, 0.15) is 68.6 Å². The van der Waals surface area contributed by atoms with E-state index in [0.29, 0.717) is 27.1 Å². The van der Waals surface area contributed by atoms with Crippen LogP contribution in [0.5, 0.6) is 0 Å². The molecule has 4 amide bonds. The normalized spacial score (nSPS) is 28.4. The van der Waals surface area contributed by atoms with Gasteiger partial charge in [0.2, 0.25) is 0 Å². The van der Waals surface area contributed by atoms with Gasteiger partial charge in [-0.3, -0.25) is 4.90 Å². The first kappa shape index (κ1) is 81.3. The summed E-state index contributed by atoms with van der Waals surface area (Å²) in [5, 5.41) is 45.7. The monoisotopic (exact) mass is 1590 g/mol. The van der Waals surface area contributed by atoms with Crippen molar-refractivity contribution in [3.63, 3.8) is 0 Å². The van der Waals surface area contributed by atoms with Crippen LogP contribution < -0.4 is 42.4 Å². The van der Waals surface area contributed by atoms with E-state index >= 15 is 0 Å². The maximum Gasteiger partial charge on any atom is 0.412 e. The summed E-state index contributed by atoms with van der Waals surface area (Å²) in [4.78, 5) is 73.1. The van der Waals surface area contributed by atoms with Crippen molar-refractivity contribution in [2.75, 3.05) is 19.8 Å². The van der Waals surface area contributed by atoms with Gasteiger partial charge in [-0.05, 0) is 60.4 Å². The number of alkyl carbamates (subject to hydrolysis) is 3. The fraction of sp³-hybridized carbons (Fsp3) is 0.402. The molecule has 6 aliphatic rings. The van der Waals surface area contributed by atoms with Crippen molar-refractivity contribution >= 4 is 61.8 Å². The highest BCUT2D eigenvalue weighted by Gasteiger charge is 2.63. The lowest BCUT2D eigenvalue weighted by Crippen LogP contribution is -2.70. The smallest absolute Gasteiger partial charge is 0.412 e. The Morgan fingerprint density at radius 2 is 1.03 bits per heavy atom. The number of carbonyl (C=O) groups is 4. The van der Waals surface area contributed by atoms with E-state index in [1.807, 2.05) is 184 Å². The molecule has 5 heterocycles. The first-order valence-electron chi connectivity index (χ1n) is 38.9. The SMILES string of the molecule is CC(C)(C[C@H]1[C@H](O[C@@H]2[C@H]3OC(=O)N[C@@H]3C[C@H](N)[C@H]2O[C@H]2O[C@H](CO)[C@@H](O)C[C@H]2NC(=O)OCc2ccccc2)O[C@H](CO[Si](c2ccccc2)(c2ccccc2)C(C)(C)C)[C@H]1O[C@H]1O[C@H]2CN(C(=O)OCc3ccccc3)C(c3ccccc3)O[C@H]2[C@H](O)[C@H]1NC(=O)OCc1ccccc1)[Si](O)(c1ccccc1)c1ccccc1. The number of rotatable bonds is 26. The molecular formula is C87H101N5O20Si2. The molecular weight excluding hydrogens is 1490 g/mol. The Labute approximate surface area is 665 Å². The van der Waals surface area contributed by atoms with Gasteiger partial charge in [0, 0.05) is 23.9 Å². The summed E-state index contributed by atoms with van der Waals surface area (Å²) in [7, 11) is -7.68. The van der Waals surface area contributed by atoms with E-state index in [1.54, 1.807) is 48.5 Å². The second-order valence-corrected chi connectivity index (χ2v) is 39.9. The summed E-state index contributed by atoms with van der Waals surface area (Å²) < 4.78 is 82.6. The Morgan fingerprint density at radius 1 is 0.553 bits per heavy atom. The molecule has 14 rings (SSSR count). The maximum atomic E-state index is 14.9. The minimum Gasteiger partial charge on any atom is -0.445 e. The number of ether oxygens (including phenoxy) is 11. The largest absolute Gasteiger partial charge is 0.445 e. The third kappa shape index (κ3) is 17.8. The van der Waals surface area contributed by atoms with E-state index in [0.717, 1.165) is 15.9 Å². The fourth-order valence-electron chi connectivity index (χ4n) is 17.1. The third-order valence-electron chi connectivity index (χ3n) is 22.7. The summed E-state index contributed by atoms with van der Waals surface area (Å²) in [5.41, 5.74) is 10.0. The molecule has 8 aromatic rings. The van der Waals surface area contributed by atoms with Crippen LogP contribution in [0.25, 0.3) is 0 Å². The topological polar surface area (TPSA) is 325 Å². The van der Waals surface area contributed by atoms with Crippen LogP contribution in [0.2, 0.25) is 10.1 Å². The van der Waals surface area contributed by atoms with Crippen molar-refractivity contribution in [3.05, 3.63) is 265 Å². The molecule has 5 saturated heterocycles. The Morgan fingerprint density at radius 3 is 1.55 bits per heavy atom. The van der Waals surface area contributed by atoms with Crippen molar-refractivity contribution in [3.8, 4) is 0 Å². The van der Waals surface area contributed by atoms with Crippen LogP contribution >= 0.6 is 0 Å². The quantitative estimate of drug-likeness (QED) is 0.0188. The molecule has 0 spiro atoms. The number of fused-ring (bicyclic) bond motifs is 2. The third-order valence-corrected chi connectivity index (χ3v) is 32.3. The lowest BCUT2D eigenvalue weighted by atomic mass is 9.84. The molecule has 25 nitrogen and oxygen atoms in total. The van der Waals surface area contributed by atoms with Gasteiger partial charge in [-0.2, -0.15) is 0 Å². The molecule has 6 fully saturated rings. The molecule has 27 heteroatoms. The lowest BCUT2D eigenvalue weighted by Gasteiger charge is -2.51. The van der Waals surface area contributed by atoms with Crippen molar-refractivity contribution < 1.29 is 95.8 Å². The highest BCUT2D eigenvalue weighted by molar-refractivity contribution is 6.99. The zero-order valence-electron chi connectivity index (χ0n) is 64.3. The number of hydrogen-bond acceptors (Lipinski definition) is 21. The number of nitrogens with zero attached hydrogens (tertiary/aromatic N) is 1. The van der Waals surface area contributed by atoms with E-state index in [4.69, 9.17) is 62.3 Å². The van der Waals surface area contributed by atoms with E-state index < -0.39 is 174 Å². The predicted molar refractivity (Wildman–Crippen MR) is 424 cm³/mol. The van der Waals surface area contributed by atoms with Crippen LogP contribution in [-0.2, 0) is 76.4 Å². The Balaban J connectivity index is 0.907. The summed E-state index contributed by atoms with van der Waals surface area (Å²) in [6, 6.07) is 70.9. The molecule has 5 aliphatic heterocycles. The number of benzene rings is 8.